The molecule has 7 heteroatoms. The zero-order valence-corrected chi connectivity index (χ0v) is 12.0. The number of hydrogen-bond acceptors (Lipinski definition) is 4. The number of ether oxygens (including phenoxy) is 1. The SMILES string of the molecule is COc1ccc(C)cc1Cn1cc(Br)c([N+](=O)[O-])n1. The molecule has 100 valence electrons. The van der Waals surface area contributed by atoms with Crippen LogP contribution in [-0.2, 0) is 6.54 Å². The second-order valence-electron chi connectivity index (χ2n) is 4.07. The van der Waals surface area contributed by atoms with Crippen molar-refractivity contribution in [3.8, 4) is 5.75 Å². The first-order chi connectivity index (χ1) is 9.01. The molecule has 1 aromatic heterocycles. The predicted molar refractivity (Wildman–Crippen MR) is 73.4 cm³/mol. The number of nitro groups is 1. The molecule has 0 aliphatic rings. The van der Waals surface area contributed by atoms with E-state index in [1.165, 1.54) is 4.68 Å². The number of halogens is 1. The summed E-state index contributed by atoms with van der Waals surface area (Å²) in [6, 6.07) is 5.79. The van der Waals surface area contributed by atoms with E-state index in [1.807, 2.05) is 25.1 Å². The van der Waals surface area contributed by atoms with E-state index >= 15 is 0 Å². The number of nitrogens with zero attached hydrogens (tertiary/aromatic N) is 3. The Hall–Kier alpha value is -1.89. The zero-order valence-electron chi connectivity index (χ0n) is 10.5. The molecule has 0 aliphatic heterocycles. The lowest BCUT2D eigenvalue weighted by Gasteiger charge is -2.07. The van der Waals surface area contributed by atoms with Gasteiger partial charge in [-0.2, -0.15) is 4.68 Å². The summed E-state index contributed by atoms with van der Waals surface area (Å²) in [5, 5.41) is 14.7. The minimum absolute atomic E-state index is 0.188. The summed E-state index contributed by atoms with van der Waals surface area (Å²) in [4.78, 5) is 10.2. The quantitative estimate of drug-likeness (QED) is 0.640. The first-order valence-electron chi connectivity index (χ1n) is 5.52. The fourth-order valence-corrected chi connectivity index (χ4v) is 2.26. The lowest BCUT2D eigenvalue weighted by molar-refractivity contribution is -0.390. The second-order valence-corrected chi connectivity index (χ2v) is 4.92. The summed E-state index contributed by atoms with van der Waals surface area (Å²) < 4.78 is 7.15. The van der Waals surface area contributed by atoms with Gasteiger partial charge in [-0.3, -0.25) is 0 Å². The third kappa shape index (κ3) is 2.93. The van der Waals surface area contributed by atoms with E-state index in [0.29, 0.717) is 11.0 Å². The van der Waals surface area contributed by atoms with Gasteiger partial charge in [0, 0.05) is 5.56 Å². The third-order valence-electron chi connectivity index (χ3n) is 2.64. The van der Waals surface area contributed by atoms with Gasteiger partial charge in [0.05, 0.1) is 25.0 Å². The van der Waals surface area contributed by atoms with E-state index in [-0.39, 0.29) is 5.82 Å². The molecule has 0 saturated heterocycles. The molecular formula is C12H12BrN3O3. The number of hydrogen-bond donors (Lipinski definition) is 0. The molecule has 0 N–H and O–H groups in total. The van der Waals surface area contributed by atoms with Crippen LogP contribution in [0.2, 0.25) is 0 Å². The van der Waals surface area contributed by atoms with Crippen LogP contribution in [-0.4, -0.2) is 21.8 Å². The minimum Gasteiger partial charge on any atom is -0.496 e. The number of methoxy groups -OCH3 is 1. The number of aryl methyl sites for hydroxylation is 1. The van der Waals surface area contributed by atoms with E-state index in [4.69, 9.17) is 4.74 Å². The molecule has 1 aromatic carbocycles. The van der Waals surface area contributed by atoms with Gasteiger partial charge >= 0.3 is 5.82 Å². The maximum absolute atomic E-state index is 10.7. The van der Waals surface area contributed by atoms with Gasteiger partial charge in [-0.1, -0.05) is 17.7 Å². The molecule has 0 amide bonds. The molecule has 2 rings (SSSR count). The summed E-state index contributed by atoms with van der Waals surface area (Å²) in [6.45, 7) is 2.39. The number of rotatable bonds is 4. The highest BCUT2D eigenvalue weighted by Gasteiger charge is 2.19. The van der Waals surface area contributed by atoms with Crippen molar-refractivity contribution < 1.29 is 9.66 Å². The molecule has 0 aliphatic carbocycles. The van der Waals surface area contributed by atoms with E-state index in [2.05, 4.69) is 21.0 Å². The fraction of sp³-hybridized carbons (Fsp3) is 0.250. The second kappa shape index (κ2) is 5.40. The Kier molecular flexibility index (Phi) is 3.84. The lowest BCUT2D eigenvalue weighted by atomic mass is 10.1. The van der Waals surface area contributed by atoms with Crippen LogP contribution in [0.3, 0.4) is 0 Å². The van der Waals surface area contributed by atoms with Gasteiger partial charge in [0.1, 0.15) is 10.2 Å². The Balaban J connectivity index is 2.33. The molecule has 0 radical (unpaired) electrons. The van der Waals surface area contributed by atoms with Crippen LogP contribution in [0.15, 0.2) is 28.9 Å². The average Bonchev–Trinajstić information content (AvgIpc) is 2.71. The monoisotopic (exact) mass is 325 g/mol. The molecule has 0 fully saturated rings. The highest BCUT2D eigenvalue weighted by atomic mass is 79.9. The van der Waals surface area contributed by atoms with Gasteiger partial charge in [0.15, 0.2) is 0 Å². The minimum atomic E-state index is -0.520. The Morgan fingerprint density at radius 3 is 2.84 bits per heavy atom. The van der Waals surface area contributed by atoms with Crippen LogP contribution in [0.1, 0.15) is 11.1 Å². The maximum atomic E-state index is 10.7. The van der Waals surface area contributed by atoms with Gasteiger partial charge in [-0.25, -0.2) is 0 Å². The van der Waals surface area contributed by atoms with Crippen molar-refractivity contribution in [2.24, 2.45) is 0 Å². The molecule has 0 saturated carbocycles. The number of aromatic nitrogens is 2. The largest absolute Gasteiger partial charge is 0.496 e. The smallest absolute Gasteiger partial charge is 0.404 e. The van der Waals surface area contributed by atoms with E-state index in [1.54, 1.807) is 13.3 Å². The van der Waals surface area contributed by atoms with Crippen molar-refractivity contribution in [1.82, 2.24) is 9.78 Å². The first-order valence-corrected chi connectivity index (χ1v) is 6.31. The van der Waals surface area contributed by atoms with Crippen molar-refractivity contribution in [3.05, 3.63) is 50.1 Å². The van der Waals surface area contributed by atoms with Gasteiger partial charge in [0.2, 0.25) is 0 Å². The maximum Gasteiger partial charge on any atom is 0.404 e. The third-order valence-corrected chi connectivity index (χ3v) is 3.20. The van der Waals surface area contributed by atoms with Gasteiger partial charge in [-0.05, 0) is 33.8 Å². The summed E-state index contributed by atoms with van der Waals surface area (Å²) in [5.74, 6) is 0.548. The molecule has 19 heavy (non-hydrogen) atoms. The van der Waals surface area contributed by atoms with Crippen LogP contribution >= 0.6 is 15.9 Å². The zero-order chi connectivity index (χ0) is 14.0. The van der Waals surface area contributed by atoms with Crippen molar-refractivity contribution in [2.45, 2.75) is 13.5 Å². The van der Waals surface area contributed by atoms with Crippen LogP contribution in [0.4, 0.5) is 5.82 Å². The predicted octanol–water partition coefficient (Wildman–Crippen LogP) is 2.92. The Bertz CT molecular complexity index is 625. The summed E-state index contributed by atoms with van der Waals surface area (Å²) in [5.41, 5.74) is 2.02. The van der Waals surface area contributed by atoms with E-state index in [9.17, 15) is 10.1 Å². The molecule has 0 unspecified atom stereocenters. The van der Waals surface area contributed by atoms with Crippen molar-refractivity contribution in [2.75, 3.05) is 7.11 Å². The van der Waals surface area contributed by atoms with Gasteiger partial charge in [-0.15, -0.1) is 0 Å². The van der Waals surface area contributed by atoms with Crippen LogP contribution in [0.5, 0.6) is 5.75 Å². The highest BCUT2D eigenvalue weighted by Crippen LogP contribution is 2.25. The van der Waals surface area contributed by atoms with Crippen molar-refractivity contribution >= 4 is 21.7 Å². The topological polar surface area (TPSA) is 70.2 Å². The van der Waals surface area contributed by atoms with Crippen LogP contribution < -0.4 is 4.74 Å². The van der Waals surface area contributed by atoms with Crippen molar-refractivity contribution in [1.29, 1.82) is 0 Å². The first kappa shape index (κ1) is 13.5. The Morgan fingerprint density at radius 2 is 2.26 bits per heavy atom. The molecule has 2 aromatic rings. The highest BCUT2D eigenvalue weighted by molar-refractivity contribution is 9.10. The Labute approximate surface area is 118 Å². The van der Waals surface area contributed by atoms with Crippen LogP contribution in [0, 0.1) is 17.0 Å². The normalized spacial score (nSPS) is 10.5. The molecule has 1 heterocycles. The molecule has 0 bridgehead atoms. The van der Waals surface area contributed by atoms with Crippen LogP contribution in [0.25, 0.3) is 0 Å². The van der Waals surface area contributed by atoms with Crippen molar-refractivity contribution in [3.63, 3.8) is 0 Å². The summed E-state index contributed by atoms with van der Waals surface area (Å²) in [7, 11) is 1.59. The summed E-state index contributed by atoms with van der Waals surface area (Å²) >= 11 is 3.12. The summed E-state index contributed by atoms with van der Waals surface area (Å²) in [6.07, 6.45) is 1.58. The standard InChI is InChI=1S/C12H12BrN3O3/c1-8-3-4-11(19-2)9(5-8)6-15-7-10(13)12(14-15)16(17)18/h3-5,7H,6H2,1-2H3. The molecule has 0 spiro atoms. The van der Waals surface area contributed by atoms with E-state index in [0.717, 1.165) is 16.9 Å². The molecule has 6 nitrogen and oxygen atoms in total. The lowest BCUT2D eigenvalue weighted by Crippen LogP contribution is -2.03. The number of benzene rings is 1. The Morgan fingerprint density at radius 1 is 1.53 bits per heavy atom. The van der Waals surface area contributed by atoms with Gasteiger partial charge in [0.25, 0.3) is 0 Å². The van der Waals surface area contributed by atoms with Gasteiger partial charge < -0.3 is 14.9 Å². The molecule has 0 atom stereocenters. The van der Waals surface area contributed by atoms with E-state index < -0.39 is 4.92 Å². The fourth-order valence-electron chi connectivity index (χ4n) is 1.80. The average molecular weight is 326 g/mol. The molecular weight excluding hydrogens is 314 g/mol.